The zero-order valence-corrected chi connectivity index (χ0v) is 11.2. The fourth-order valence-corrected chi connectivity index (χ4v) is 1.62. The Morgan fingerprint density at radius 2 is 1.91 bits per heavy atom. The van der Waals surface area contributed by atoms with Crippen LogP contribution in [-0.2, 0) is 6.18 Å². The van der Waals surface area contributed by atoms with Crippen LogP contribution in [0.15, 0.2) is 54.5 Å². The second kappa shape index (κ2) is 7.31. The van der Waals surface area contributed by atoms with Crippen LogP contribution < -0.4 is 10.1 Å². The fraction of sp³-hybridized carbons (Fsp3) is 0.294. The molecule has 2 rings (SSSR count). The van der Waals surface area contributed by atoms with E-state index in [9.17, 15) is 13.2 Å². The molecule has 0 bridgehead atoms. The summed E-state index contributed by atoms with van der Waals surface area (Å²) in [7, 11) is 0. The number of rotatable bonds is 6. The van der Waals surface area contributed by atoms with Crippen molar-refractivity contribution in [2.24, 2.45) is 0 Å². The molecule has 0 aliphatic heterocycles. The lowest BCUT2D eigenvalue weighted by Crippen LogP contribution is -2.16. The molecule has 0 amide bonds. The first-order chi connectivity index (χ1) is 14.1. The van der Waals surface area contributed by atoms with E-state index in [0.717, 1.165) is 0 Å². The van der Waals surface area contributed by atoms with Gasteiger partial charge in [0, 0.05) is 13.2 Å². The molecule has 1 atom stereocenters. The summed E-state index contributed by atoms with van der Waals surface area (Å²) in [6.07, 6.45) is -9.27. The van der Waals surface area contributed by atoms with Crippen molar-refractivity contribution in [3.05, 3.63) is 65.6 Å². The van der Waals surface area contributed by atoms with Gasteiger partial charge < -0.3 is 10.1 Å². The third kappa shape index (κ3) is 4.49. The summed E-state index contributed by atoms with van der Waals surface area (Å²) in [4.78, 5) is 0. The molecular formula is C17H18F3NO. The highest BCUT2D eigenvalue weighted by molar-refractivity contribution is 5.30. The highest BCUT2D eigenvalue weighted by Crippen LogP contribution is 2.31. The van der Waals surface area contributed by atoms with Crippen LogP contribution >= 0.6 is 0 Å². The smallest absolute Gasteiger partial charge is 0.416 e. The molecule has 0 saturated carbocycles. The summed E-state index contributed by atoms with van der Waals surface area (Å²) in [5.41, 5.74) is -1.62. The Balaban J connectivity index is 2.59. The summed E-state index contributed by atoms with van der Waals surface area (Å²) in [5.74, 6) is -0.880. The van der Waals surface area contributed by atoms with E-state index in [-0.39, 0.29) is 5.56 Å². The van der Waals surface area contributed by atoms with Gasteiger partial charge in [0.15, 0.2) is 0 Å². The van der Waals surface area contributed by atoms with Crippen molar-refractivity contribution >= 4 is 0 Å². The van der Waals surface area contributed by atoms with Gasteiger partial charge in [-0.05, 0) is 43.3 Å². The molecule has 2 aromatic rings. The molecule has 0 aromatic heterocycles. The van der Waals surface area contributed by atoms with Gasteiger partial charge in [-0.3, -0.25) is 0 Å². The molecule has 5 heteroatoms. The first kappa shape index (κ1) is 8.02. The summed E-state index contributed by atoms with van der Waals surface area (Å²) >= 11 is 0. The highest BCUT2D eigenvalue weighted by Gasteiger charge is 2.30. The van der Waals surface area contributed by atoms with Crippen LogP contribution in [0.5, 0.6) is 5.75 Å². The molecule has 2 aromatic carbocycles. The topological polar surface area (TPSA) is 21.3 Å². The summed E-state index contributed by atoms with van der Waals surface area (Å²) in [6.45, 7) is -3.45. The van der Waals surface area contributed by atoms with Crippen LogP contribution in [0.4, 0.5) is 13.2 Å². The van der Waals surface area contributed by atoms with Crippen LogP contribution in [0, 0.1) is 0 Å². The van der Waals surface area contributed by atoms with Crippen molar-refractivity contribution in [1.82, 2.24) is 5.32 Å². The molecule has 0 spiro atoms. The van der Waals surface area contributed by atoms with Crippen LogP contribution in [0.1, 0.15) is 35.9 Å². The Kier molecular flexibility index (Phi) is 2.66. The standard InChI is InChI=1S/C17H18F3NO/c1-21-12-11-16(13-5-3-2-4-6-13)22-15-9-7-14(8-10-15)17(18,19)20/h2-10,16,21H,11-12H2,1H3/i1D3,7D,8D,9D,10D,11D2. The van der Waals surface area contributed by atoms with Crippen molar-refractivity contribution < 1.29 is 30.2 Å². The lowest BCUT2D eigenvalue weighted by atomic mass is 10.1. The first-order valence-electron chi connectivity index (χ1n) is 10.7. The Morgan fingerprint density at radius 1 is 1.23 bits per heavy atom. The molecule has 1 N–H and O–H groups in total. The van der Waals surface area contributed by atoms with E-state index in [1.54, 1.807) is 6.07 Å². The van der Waals surface area contributed by atoms with E-state index in [2.05, 4.69) is 0 Å². The fourth-order valence-electron chi connectivity index (χ4n) is 1.62. The van der Waals surface area contributed by atoms with Gasteiger partial charge in [0.1, 0.15) is 11.9 Å². The molecule has 0 aliphatic carbocycles. The number of hydrogen-bond acceptors (Lipinski definition) is 2. The first-order valence-corrected chi connectivity index (χ1v) is 6.20. The zero-order valence-electron chi connectivity index (χ0n) is 20.2. The Hall–Kier alpha value is -2.01. The predicted molar refractivity (Wildman–Crippen MR) is 79.8 cm³/mol. The lowest BCUT2D eigenvalue weighted by molar-refractivity contribution is -0.137. The minimum Gasteiger partial charge on any atom is -0.486 e. The molecule has 118 valence electrons. The van der Waals surface area contributed by atoms with E-state index < -0.39 is 67.7 Å². The van der Waals surface area contributed by atoms with Gasteiger partial charge in [0.2, 0.25) is 0 Å². The average Bonchev–Trinajstić information content (AvgIpc) is 2.64. The molecule has 0 heterocycles. The molecule has 0 radical (unpaired) electrons. The molecule has 0 fully saturated rings. The molecule has 0 aliphatic rings. The highest BCUT2D eigenvalue weighted by atomic mass is 19.4. The second-order valence-electron chi connectivity index (χ2n) is 4.17. The normalized spacial score (nSPS) is 20.0. The van der Waals surface area contributed by atoms with Crippen LogP contribution in [0.25, 0.3) is 0 Å². The van der Waals surface area contributed by atoms with E-state index in [1.165, 1.54) is 24.3 Å². The van der Waals surface area contributed by atoms with E-state index in [0.29, 0.717) is 0 Å². The lowest BCUT2D eigenvalue weighted by Gasteiger charge is -2.20. The van der Waals surface area contributed by atoms with E-state index in [1.807, 2.05) is 5.32 Å². The number of hydrogen-bond donors (Lipinski definition) is 1. The van der Waals surface area contributed by atoms with E-state index in [4.69, 9.17) is 17.1 Å². The minimum atomic E-state index is -5.14. The molecule has 0 saturated heterocycles. The third-order valence-corrected chi connectivity index (χ3v) is 2.60. The number of ether oxygens (including phenoxy) is 1. The van der Waals surface area contributed by atoms with Crippen LogP contribution in [-0.4, -0.2) is 13.5 Å². The van der Waals surface area contributed by atoms with Crippen molar-refractivity contribution in [3.8, 4) is 5.75 Å². The van der Waals surface area contributed by atoms with Gasteiger partial charge in [-0.15, -0.1) is 0 Å². The van der Waals surface area contributed by atoms with Gasteiger partial charge in [0.05, 0.1) is 11.0 Å². The summed E-state index contributed by atoms with van der Waals surface area (Å²) < 4.78 is 114. The number of benzene rings is 2. The Bertz CT molecular complexity index is 904. The number of alkyl halides is 3. The monoisotopic (exact) mass is 318 g/mol. The maximum atomic E-state index is 13.2. The van der Waals surface area contributed by atoms with E-state index >= 15 is 0 Å². The Morgan fingerprint density at radius 3 is 2.50 bits per heavy atom. The molecule has 2 nitrogen and oxygen atoms in total. The predicted octanol–water partition coefficient (Wildman–Crippen LogP) is 4.44. The largest absolute Gasteiger partial charge is 0.486 e. The maximum absolute atomic E-state index is 13.2. The van der Waals surface area contributed by atoms with Gasteiger partial charge in [-0.2, -0.15) is 13.2 Å². The van der Waals surface area contributed by atoms with Gasteiger partial charge >= 0.3 is 6.18 Å². The van der Waals surface area contributed by atoms with Crippen molar-refractivity contribution in [3.63, 3.8) is 0 Å². The summed E-state index contributed by atoms with van der Waals surface area (Å²) in [6, 6.07) is 2.44. The van der Waals surface area contributed by atoms with Crippen molar-refractivity contribution in [2.45, 2.75) is 18.7 Å². The van der Waals surface area contributed by atoms with Gasteiger partial charge in [-0.25, -0.2) is 0 Å². The van der Waals surface area contributed by atoms with Crippen molar-refractivity contribution in [2.75, 3.05) is 13.5 Å². The van der Waals surface area contributed by atoms with Gasteiger partial charge in [-0.1, -0.05) is 30.3 Å². The second-order valence-corrected chi connectivity index (χ2v) is 4.17. The quantitative estimate of drug-likeness (QED) is 0.850. The van der Waals surface area contributed by atoms with Crippen LogP contribution in [0.2, 0.25) is 0 Å². The molecule has 22 heavy (non-hydrogen) atoms. The number of halogens is 3. The Labute approximate surface area is 140 Å². The third-order valence-electron chi connectivity index (χ3n) is 2.60. The number of nitrogens with one attached hydrogen (secondary N) is 1. The minimum absolute atomic E-state index is 0.150. The molecular weight excluding hydrogens is 291 g/mol. The van der Waals surface area contributed by atoms with Crippen molar-refractivity contribution in [1.29, 1.82) is 0 Å². The molecule has 1 unspecified atom stereocenters. The zero-order chi connectivity index (χ0) is 23.8. The van der Waals surface area contributed by atoms with Crippen LogP contribution in [0.3, 0.4) is 0 Å². The SMILES string of the molecule is [2H]c1c([2H])c(C(F)(F)F)c([2H])c([2H])c1OC(c1ccccc1)C([2H])([2H])CNC([2H])([2H])[2H]. The maximum Gasteiger partial charge on any atom is 0.416 e. The average molecular weight is 318 g/mol. The van der Waals surface area contributed by atoms with Gasteiger partial charge in [0.25, 0.3) is 0 Å². The summed E-state index contributed by atoms with van der Waals surface area (Å²) in [5, 5.41) is 2.01.